The number of hydrogen-bond donors (Lipinski definition) is 1. The molecule has 0 aromatic heterocycles. The first-order valence-electron chi connectivity index (χ1n) is 13.4. The predicted molar refractivity (Wildman–Crippen MR) is 128 cm³/mol. The van der Waals surface area contributed by atoms with E-state index in [1.54, 1.807) is 6.08 Å². The monoisotopic (exact) mass is 432 g/mol. The molecule has 31 heavy (non-hydrogen) atoms. The molecule has 3 aliphatic rings. The van der Waals surface area contributed by atoms with Crippen LogP contribution in [0.1, 0.15) is 105 Å². The van der Waals surface area contributed by atoms with E-state index < -0.39 is 0 Å². The van der Waals surface area contributed by atoms with Crippen LogP contribution >= 0.6 is 0 Å². The van der Waals surface area contributed by atoms with E-state index in [2.05, 4.69) is 20.8 Å². The number of carbonyl (C=O) groups excluding carboxylic acids is 1. The molecule has 4 unspecified atom stereocenters. The van der Waals surface area contributed by atoms with Crippen molar-refractivity contribution in [1.82, 2.24) is 0 Å². The molecule has 1 N–H and O–H groups in total. The van der Waals surface area contributed by atoms with Gasteiger partial charge in [-0.05, 0) is 118 Å². The van der Waals surface area contributed by atoms with Gasteiger partial charge in [0.2, 0.25) is 0 Å². The van der Waals surface area contributed by atoms with Gasteiger partial charge in [0.25, 0.3) is 0 Å². The van der Waals surface area contributed by atoms with Gasteiger partial charge in [-0.15, -0.1) is 0 Å². The third kappa shape index (κ3) is 5.75. The van der Waals surface area contributed by atoms with Crippen LogP contribution in [0.2, 0.25) is 0 Å². The highest BCUT2D eigenvalue weighted by Crippen LogP contribution is 2.63. The summed E-state index contributed by atoms with van der Waals surface area (Å²) >= 11 is 0. The quantitative estimate of drug-likeness (QED) is 0.365. The van der Waals surface area contributed by atoms with Crippen molar-refractivity contribution in [1.29, 1.82) is 0 Å². The summed E-state index contributed by atoms with van der Waals surface area (Å²) in [6.45, 7) is 10.2. The molecule has 0 amide bonds. The van der Waals surface area contributed by atoms with Gasteiger partial charge in [-0.25, -0.2) is 4.79 Å². The first kappa shape index (κ1) is 24.8. The Morgan fingerprint density at radius 1 is 1.16 bits per heavy atom. The van der Waals surface area contributed by atoms with Crippen molar-refractivity contribution in [2.45, 2.75) is 105 Å². The van der Waals surface area contributed by atoms with Crippen molar-refractivity contribution in [2.75, 3.05) is 13.2 Å². The van der Waals surface area contributed by atoms with E-state index in [9.17, 15) is 9.90 Å². The summed E-state index contributed by atoms with van der Waals surface area (Å²) in [4.78, 5) is 12.0. The maximum Gasteiger partial charge on any atom is 0.330 e. The Morgan fingerprint density at radius 2 is 1.97 bits per heavy atom. The first-order chi connectivity index (χ1) is 14.9. The van der Waals surface area contributed by atoms with Crippen molar-refractivity contribution in [2.24, 2.45) is 40.9 Å². The molecule has 3 heteroatoms. The zero-order chi connectivity index (χ0) is 22.4. The Balaban J connectivity index is 1.69. The van der Waals surface area contributed by atoms with Crippen LogP contribution in [-0.2, 0) is 9.53 Å². The molecule has 0 aromatic carbocycles. The molecule has 3 saturated carbocycles. The maximum absolute atomic E-state index is 12.0. The lowest BCUT2D eigenvalue weighted by Crippen LogP contribution is -2.44. The van der Waals surface area contributed by atoms with Crippen molar-refractivity contribution >= 4 is 5.97 Å². The van der Waals surface area contributed by atoms with Gasteiger partial charge in [-0.3, -0.25) is 0 Å². The molecular formula is C28H48O3. The van der Waals surface area contributed by atoms with Crippen LogP contribution in [0.25, 0.3) is 0 Å². The minimum atomic E-state index is -0.152. The van der Waals surface area contributed by atoms with Gasteiger partial charge in [-0.2, -0.15) is 0 Å². The maximum atomic E-state index is 12.0. The highest BCUT2D eigenvalue weighted by molar-refractivity contribution is 5.82. The van der Waals surface area contributed by atoms with Crippen LogP contribution in [0, 0.1) is 40.9 Å². The molecule has 0 spiro atoms. The molecule has 3 aliphatic carbocycles. The summed E-state index contributed by atoms with van der Waals surface area (Å²) in [7, 11) is 0. The van der Waals surface area contributed by atoms with Crippen LogP contribution in [-0.4, -0.2) is 24.3 Å². The van der Waals surface area contributed by atoms with E-state index in [0.29, 0.717) is 18.6 Å². The Labute approximate surface area is 191 Å². The van der Waals surface area contributed by atoms with Crippen LogP contribution in [0.3, 0.4) is 0 Å². The Kier molecular flexibility index (Phi) is 9.08. The minimum absolute atomic E-state index is 0.152. The average molecular weight is 433 g/mol. The molecule has 3 rings (SSSR count). The normalized spacial score (nSPS) is 38.9. The Morgan fingerprint density at radius 3 is 2.71 bits per heavy atom. The van der Waals surface area contributed by atoms with Gasteiger partial charge in [-0.1, -0.05) is 32.8 Å². The lowest BCUT2D eigenvalue weighted by molar-refractivity contribution is -0.137. The topological polar surface area (TPSA) is 46.5 Å². The standard InChI is InChI=1S/C28H48O3/c1-5-31-27(30)19-22-10-6-7-11-24-23(20(2)12-13-22)16-17-28(4)25(14-15-26(24)28)21(3)9-8-18-29/h19-21,23-26,29H,5-18H2,1-4H3/b22-19-/t20?,21?,23-,24?,25-,26+,28?/m1/s1. The molecule has 0 aliphatic heterocycles. The number of aliphatic hydroxyl groups excluding tert-OH is 1. The van der Waals surface area contributed by atoms with E-state index in [-0.39, 0.29) is 5.97 Å². The van der Waals surface area contributed by atoms with Gasteiger partial charge in [0.05, 0.1) is 6.61 Å². The van der Waals surface area contributed by atoms with E-state index in [1.807, 2.05) is 6.92 Å². The lowest BCUT2D eigenvalue weighted by Gasteiger charge is -2.52. The van der Waals surface area contributed by atoms with E-state index in [1.165, 1.54) is 63.4 Å². The fourth-order valence-corrected chi connectivity index (χ4v) is 8.01. The highest BCUT2D eigenvalue weighted by Gasteiger charge is 2.54. The van der Waals surface area contributed by atoms with Gasteiger partial charge in [0, 0.05) is 12.7 Å². The molecule has 0 heterocycles. The number of rotatable bonds is 6. The molecule has 0 aromatic rings. The lowest BCUT2D eigenvalue weighted by atomic mass is 9.53. The van der Waals surface area contributed by atoms with Crippen LogP contribution < -0.4 is 0 Å². The number of carbonyl (C=O) groups is 1. The molecular weight excluding hydrogens is 384 g/mol. The number of fused-ring (bicyclic) bond motifs is 3. The second kappa shape index (κ2) is 11.3. The fourth-order valence-electron chi connectivity index (χ4n) is 8.01. The number of ether oxygens (including phenoxy) is 1. The third-order valence-corrected chi connectivity index (χ3v) is 9.62. The number of allylic oxidation sites excluding steroid dienone is 1. The van der Waals surface area contributed by atoms with Crippen molar-refractivity contribution in [3.8, 4) is 0 Å². The Hall–Kier alpha value is -0.830. The molecule has 178 valence electrons. The van der Waals surface area contributed by atoms with Gasteiger partial charge >= 0.3 is 5.97 Å². The smallest absolute Gasteiger partial charge is 0.330 e. The average Bonchev–Trinajstić information content (AvgIpc) is 3.10. The minimum Gasteiger partial charge on any atom is -0.463 e. The van der Waals surface area contributed by atoms with Crippen molar-refractivity contribution in [3.63, 3.8) is 0 Å². The summed E-state index contributed by atoms with van der Waals surface area (Å²) in [5, 5.41) is 9.31. The van der Waals surface area contributed by atoms with Crippen LogP contribution in [0.5, 0.6) is 0 Å². The second-order valence-electron chi connectivity index (χ2n) is 11.3. The molecule has 3 nitrogen and oxygen atoms in total. The molecule has 0 radical (unpaired) electrons. The highest BCUT2D eigenvalue weighted by atomic mass is 16.5. The van der Waals surface area contributed by atoms with E-state index in [4.69, 9.17) is 4.74 Å². The largest absolute Gasteiger partial charge is 0.463 e. The molecule has 0 bridgehead atoms. The van der Waals surface area contributed by atoms with Gasteiger partial charge < -0.3 is 9.84 Å². The molecule has 0 saturated heterocycles. The zero-order valence-electron chi connectivity index (χ0n) is 20.7. The molecule has 7 atom stereocenters. The van der Waals surface area contributed by atoms with Crippen molar-refractivity contribution < 1.29 is 14.6 Å². The zero-order valence-corrected chi connectivity index (χ0v) is 20.7. The number of aliphatic hydroxyl groups is 1. The van der Waals surface area contributed by atoms with Gasteiger partial charge in [0.1, 0.15) is 0 Å². The summed E-state index contributed by atoms with van der Waals surface area (Å²) in [5.41, 5.74) is 1.82. The number of hydrogen-bond acceptors (Lipinski definition) is 3. The summed E-state index contributed by atoms with van der Waals surface area (Å²) in [6, 6.07) is 0. The predicted octanol–water partition coefficient (Wildman–Crippen LogP) is 6.93. The van der Waals surface area contributed by atoms with Gasteiger partial charge in [0.15, 0.2) is 0 Å². The molecule has 3 fully saturated rings. The summed E-state index contributed by atoms with van der Waals surface area (Å²) in [6.07, 6.45) is 16.8. The fraction of sp³-hybridized carbons (Fsp3) is 0.893. The second-order valence-corrected chi connectivity index (χ2v) is 11.3. The number of esters is 1. The van der Waals surface area contributed by atoms with E-state index in [0.717, 1.165) is 54.8 Å². The summed E-state index contributed by atoms with van der Waals surface area (Å²) < 4.78 is 5.17. The first-order valence-corrected chi connectivity index (χ1v) is 13.4. The SMILES string of the molecule is CCOC(=O)/C=C1/CCCCC2[C@H](CCC3(C)[C@@H](C(C)CCCO)CC[C@@H]23)C(C)CC1. The third-order valence-electron chi connectivity index (χ3n) is 9.62. The Bertz CT molecular complexity index is 611. The van der Waals surface area contributed by atoms with E-state index >= 15 is 0 Å². The van der Waals surface area contributed by atoms with Crippen LogP contribution in [0.4, 0.5) is 0 Å². The summed E-state index contributed by atoms with van der Waals surface area (Å²) in [5.74, 6) is 4.81. The van der Waals surface area contributed by atoms with Crippen LogP contribution in [0.15, 0.2) is 11.6 Å². The van der Waals surface area contributed by atoms with Crippen molar-refractivity contribution in [3.05, 3.63) is 11.6 Å².